The highest BCUT2D eigenvalue weighted by atomic mass is 79.9. The zero-order valence-electron chi connectivity index (χ0n) is 16.2. The number of amides is 1. The molecule has 1 amide bonds. The molecule has 1 atom stereocenters. The molecule has 1 heterocycles. The fraction of sp³-hybridized carbons (Fsp3) is 0.238. The Kier molecular flexibility index (Phi) is 7.16. The monoisotopic (exact) mass is 490 g/mol. The highest BCUT2D eigenvalue weighted by Gasteiger charge is 2.45. The summed E-state index contributed by atoms with van der Waals surface area (Å²) in [5, 5.41) is 30.9. The molecular weight excluding hydrogens is 472 g/mol. The van der Waals surface area contributed by atoms with Gasteiger partial charge in [-0.1, -0.05) is 40.2 Å². The van der Waals surface area contributed by atoms with E-state index in [-0.39, 0.29) is 43.2 Å². The third-order valence-corrected chi connectivity index (χ3v) is 5.30. The lowest BCUT2D eigenvalue weighted by Crippen LogP contribution is -2.33. The van der Waals surface area contributed by atoms with E-state index in [0.717, 1.165) is 10.5 Å². The van der Waals surface area contributed by atoms with Crippen LogP contribution < -0.4 is 0 Å². The summed E-state index contributed by atoms with van der Waals surface area (Å²) in [7, 11) is 0. The molecule has 1 saturated heterocycles. The highest BCUT2D eigenvalue weighted by molar-refractivity contribution is 9.10. The molecule has 3 rings (SSSR count). The minimum atomic E-state index is -0.898. The van der Waals surface area contributed by atoms with Gasteiger partial charge in [-0.15, -0.1) is 0 Å². The number of nitro benzene ring substituents is 1. The molecule has 0 radical (unpaired) electrons. The third-order valence-electron chi connectivity index (χ3n) is 4.77. The molecule has 9 nitrogen and oxygen atoms in total. The second kappa shape index (κ2) is 9.82. The first-order valence-electron chi connectivity index (χ1n) is 9.32. The van der Waals surface area contributed by atoms with E-state index in [9.17, 15) is 24.8 Å². The van der Waals surface area contributed by atoms with Crippen LogP contribution in [0.1, 0.15) is 17.2 Å². The van der Waals surface area contributed by atoms with E-state index in [4.69, 9.17) is 9.84 Å². The number of non-ortho nitro benzene ring substituents is 1. The standard InChI is InChI=1S/C21H19BrN2O7/c22-15-6-4-13(5-7-15)18-17(19(26)14-2-1-3-16(12-14)24(29)30)20(27)21(28)23(18)8-10-31-11-9-25/h1-7,12,18,25-26H,8-11H2. The van der Waals surface area contributed by atoms with Gasteiger partial charge in [-0.25, -0.2) is 0 Å². The smallest absolute Gasteiger partial charge is 0.295 e. The molecule has 0 bridgehead atoms. The number of carbonyl (C=O) groups excluding carboxylic acids is 2. The third kappa shape index (κ3) is 4.82. The van der Waals surface area contributed by atoms with E-state index in [2.05, 4.69) is 15.9 Å². The van der Waals surface area contributed by atoms with Crippen molar-refractivity contribution in [3.63, 3.8) is 0 Å². The largest absolute Gasteiger partial charge is 0.507 e. The molecule has 10 heteroatoms. The molecule has 1 fully saturated rings. The van der Waals surface area contributed by atoms with Gasteiger partial charge in [-0.3, -0.25) is 19.7 Å². The molecular formula is C21H19BrN2O7. The number of ether oxygens (including phenoxy) is 1. The molecule has 1 aliphatic rings. The Morgan fingerprint density at radius 2 is 1.87 bits per heavy atom. The summed E-state index contributed by atoms with van der Waals surface area (Å²) in [6, 6.07) is 11.2. The van der Waals surface area contributed by atoms with E-state index in [0.29, 0.717) is 5.56 Å². The number of benzene rings is 2. The van der Waals surface area contributed by atoms with Crippen molar-refractivity contribution in [2.24, 2.45) is 0 Å². The number of nitro groups is 1. The van der Waals surface area contributed by atoms with E-state index < -0.39 is 28.4 Å². The van der Waals surface area contributed by atoms with Crippen molar-refractivity contribution in [1.82, 2.24) is 4.90 Å². The number of rotatable bonds is 8. The minimum Gasteiger partial charge on any atom is -0.507 e. The Labute approximate surface area is 185 Å². The number of aliphatic hydroxyl groups is 2. The first-order valence-corrected chi connectivity index (χ1v) is 10.1. The van der Waals surface area contributed by atoms with Gasteiger partial charge >= 0.3 is 0 Å². The van der Waals surface area contributed by atoms with Crippen LogP contribution in [0.3, 0.4) is 0 Å². The van der Waals surface area contributed by atoms with Crippen molar-refractivity contribution < 1.29 is 29.5 Å². The molecule has 31 heavy (non-hydrogen) atoms. The van der Waals surface area contributed by atoms with Crippen LogP contribution in [0.4, 0.5) is 5.69 Å². The van der Waals surface area contributed by atoms with Crippen molar-refractivity contribution in [1.29, 1.82) is 0 Å². The molecule has 2 aromatic rings. The summed E-state index contributed by atoms with van der Waals surface area (Å²) in [4.78, 5) is 37.4. The number of hydrogen-bond acceptors (Lipinski definition) is 7. The first kappa shape index (κ1) is 22.6. The lowest BCUT2D eigenvalue weighted by Gasteiger charge is -2.25. The maximum absolute atomic E-state index is 12.9. The number of nitrogens with zero attached hydrogens (tertiary/aromatic N) is 2. The molecule has 0 saturated carbocycles. The van der Waals surface area contributed by atoms with Gasteiger partial charge in [0.05, 0.1) is 36.4 Å². The topological polar surface area (TPSA) is 130 Å². The summed E-state index contributed by atoms with van der Waals surface area (Å²) in [6.45, 7) is 0.0385. The molecule has 1 unspecified atom stereocenters. The minimum absolute atomic E-state index is 0.0526. The van der Waals surface area contributed by atoms with Gasteiger partial charge in [-0.05, 0) is 17.7 Å². The lowest BCUT2D eigenvalue weighted by molar-refractivity contribution is -0.384. The fourth-order valence-corrected chi connectivity index (χ4v) is 3.62. The summed E-state index contributed by atoms with van der Waals surface area (Å²) >= 11 is 3.34. The number of halogens is 1. The average Bonchev–Trinajstić information content (AvgIpc) is 3.01. The number of carbonyl (C=O) groups is 2. The van der Waals surface area contributed by atoms with Crippen molar-refractivity contribution in [3.05, 3.63) is 79.8 Å². The summed E-state index contributed by atoms with van der Waals surface area (Å²) in [5.41, 5.74) is 0.230. The van der Waals surface area contributed by atoms with E-state index in [1.165, 1.54) is 23.1 Å². The molecule has 0 aromatic heterocycles. The predicted octanol–water partition coefficient (Wildman–Crippen LogP) is 2.79. The van der Waals surface area contributed by atoms with Crippen LogP contribution in [0, 0.1) is 10.1 Å². The first-order chi connectivity index (χ1) is 14.8. The Morgan fingerprint density at radius 3 is 2.52 bits per heavy atom. The lowest BCUT2D eigenvalue weighted by atomic mass is 9.95. The van der Waals surface area contributed by atoms with Crippen LogP contribution in [-0.4, -0.2) is 58.1 Å². The molecule has 0 aliphatic carbocycles. The van der Waals surface area contributed by atoms with Crippen LogP contribution in [0.25, 0.3) is 5.76 Å². The van der Waals surface area contributed by atoms with Crippen LogP contribution in [0.5, 0.6) is 0 Å². The number of likely N-dealkylation sites (tertiary alicyclic amines) is 1. The van der Waals surface area contributed by atoms with Crippen molar-refractivity contribution in [2.45, 2.75) is 6.04 Å². The normalized spacial score (nSPS) is 17.9. The SMILES string of the molecule is O=C1C(=O)N(CCOCCO)C(c2ccc(Br)cc2)C1=C(O)c1cccc([N+](=O)[O-])c1. The maximum atomic E-state index is 12.9. The Bertz CT molecular complexity index is 1040. The number of Topliss-reactive ketones (excluding diaryl/α,β-unsaturated/α-hetero) is 1. The fourth-order valence-electron chi connectivity index (χ4n) is 3.35. The van der Waals surface area contributed by atoms with Gasteiger partial charge in [-0.2, -0.15) is 0 Å². The van der Waals surface area contributed by atoms with Crippen LogP contribution in [0.15, 0.2) is 58.6 Å². The summed E-state index contributed by atoms with van der Waals surface area (Å²) in [5.74, 6) is -2.19. The maximum Gasteiger partial charge on any atom is 0.295 e. The second-order valence-corrected chi connectivity index (χ2v) is 7.60. The Balaban J connectivity index is 2.09. The van der Waals surface area contributed by atoms with Gasteiger partial charge in [0.2, 0.25) is 0 Å². The van der Waals surface area contributed by atoms with Crippen LogP contribution in [-0.2, 0) is 14.3 Å². The number of aliphatic hydroxyl groups excluding tert-OH is 2. The second-order valence-electron chi connectivity index (χ2n) is 6.69. The quantitative estimate of drug-likeness (QED) is 0.145. The molecule has 0 spiro atoms. The number of hydrogen-bond donors (Lipinski definition) is 2. The molecule has 2 aromatic carbocycles. The zero-order chi connectivity index (χ0) is 22.5. The van der Waals surface area contributed by atoms with Gasteiger partial charge < -0.3 is 19.8 Å². The average molecular weight is 491 g/mol. The molecule has 1 aliphatic heterocycles. The Hall–Kier alpha value is -3.08. The van der Waals surface area contributed by atoms with E-state index >= 15 is 0 Å². The highest BCUT2D eigenvalue weighted by Crippen LogP contribution is 2.39. The Morgan fingerprint density at radius 1 is 1.16 bits per heavy atom. The van der Waals surface area contributed by atoms with E-state index in [1.54, 1.807) is 24.3 Å². The van der Waals surface area contributed by atoms with Gasteiger partial charge in [0.25, 0.3) is 17.4 Å². The predicted molar refractivity (Wildman–Crippen MR) is 114 cm³/mol. The summed E-state index contributed by atoms with van der Waals surface area (Å²) in [6.07, 6.45) is 0. The number of ketones is 1. The van der Waals surface area contributed by atoms with Gasteiger partial charge in [0.15, 0.2) is 0 Å². The summed E-state index contributed by atoms with van der Waals surface area (Å²) < 4.78 is 6.03. The zero-order valence-corrected chi connectivity index (χ0v) is 17.8. The van der Waals surface area contributed by atoms with Crippen molar-refractivity contribution >= 4 is 39.1 Å². The van der Waals surface area contributed by atoms with E-state index in [1.807, 2.05) is 0 Å². The van der Waals surface area contributed by atoms with Crippen LogP contribution in [0.2, 0.25) is 0 Å². The van der Waals surface area contributed by atoms with Crippen molar-refractivity contribution in [2.75, 3.05) is 26.4 Å². The van der Waals surface area contributed by atoms with Gasteiger partial charge in [0.1, 0.15) is 5.76 Å². The van der Waals surface area contributed by atoms with Crippen molar-refractivity contribution in [3.8, 4) is 0 Å². The van der Waals surface area contributed by atoms with Gasteiger partial charge in [0, 0.05) is 28.7 Å². The molecule has 162 valence electrons. The molecule has 2 N–H and O–H groups in total. The van der Waals surface area contributed by atoms with Crippen LogP contribution >= 0.6 is 15.9 Å².